The van der Waals surface area contributed by atoms with Crippen molar-refractivity contribution >= 4 is 31.8 Å². The van der Waals surface area contributed by atoms with E-state index in [9.17, 15) is 9.59 Å². The molecule has 0 amide bonds. The summed E-state index contributed by atoms with van der Waals surface area (Å²) in [5, 5.41) is 0. The number of methoxy groups -OCH3 is 1. The van der Waals surface area contributed by atoms with Crippen LogP contribution in [0.4, 0.5) is 0 Å². The largest absolute Gasteiger partial charge is 0.496 e. The molecule has 3 aromatic heterocycles. The molecule has 0 unspecified atom stereocenters. The van der Waals surface area contributed by atoms with Crippen LogP contribution in [0, 0.1) is 5.92 Å². The molecule has 6 rings (SSSR count). The summed E-state index contributed by atoms with van der Waals surface area (Å²) >= 11 is 1.39. The maximum atomic E-state index is 13.0. The average Bonchev–Trinajstić information content (AvgIpc) is 3.26. The highest BCUT2D eigenvalue weighted by Crippen LogP contribution is 2.46. The molecule has 9 heteroatoms. The van der Waals surface area contributed by atoms with Crippen molar-refractivity contribution in [3.8, 4) is 11.5 Å². The van der Waals surface area contributed by atoms with E-state index in [0.29, 0.717) is 34.1 Å². The highest BCUT2D eigenvalue weighted by molar-refractivity contribution is 7.25. The van der Waals surface area contributed by atoms with E-state index in [1.54, 1.807) is 13.3 Å². The molecule has 0 spiro atoms. The molecule has 4 aromatic rings. The lowest BCUT2D eigenvalue weighted by atomic mass is 9.78. The van der Waals surface area contributed by atoms with Gasteiger partial charge in [-0.2, -0.15) is 0 Å². The average molecular weight is 493 g/mol. The first-order valence-corrected chi connectivity index (χ1v) is 13.0. The summed E-state index contributed by atoms with van der Waals surface area (Å²) in [7, 11) is 1.72. The van der Waals surface area contributed by atoms with Crippen molar-refractivity contribution in [3.63, 3.8) is 0 Å². The fraction of sp³-hybridized carbons (Fsp3) is 0.423. The van der Waals surface area contributed by atoms with Crippen LogP contribution in [0.1, 0.15) is 30.7 Å². The quantitative estimate of drug-likeness (QED) is 0.414. The second-order valence-electron chi connectivity index (χ2n) is 9.39. The van der Waals surface area contributed by atoms with Gasteiger partial charge in [-0.1, -0.05) is 6.07 Å². The van der Waals surface area contributed by atoms with Crippen molar-refractivity contribution in [1.29, 1.82) is 0 Å². The highest BCUT2D eigenvalue weighted by Gasteiger charge is 2.37. The lowest BCUT2D eigenvalue weighted by Gasteiger charge is -2.42. The normalized spacial score (nSPS) is 19.9. The number of piperidine rings is 1. The van der Waals surface area contributed by atoms with Crippen LogP contribution in [0.3, 0.4) is 0 Å². The molecular formula is C26H28N4O4S. The van der Waals surface area contributed by atoms with Gasteiger partial charge in [0, 0.05) is 30.8 Å². The molecule has 0 saturated carbocycles. The molecular weight excluding hydrogens is 464 g/mol. The number of likely N-dealkylation sites (tertiary alicyclic amines) is 1. The van der Waals surface area contributed by atoms with Gasteiger partial charge in [0.05, 0.1) is 23.9 Å². The molecule has 35 heavy (non-hydrogen) atoms. The zero-order valence-corrected chi connectivity index (χ0v) is 20.5. The molecule has 182 valence electrons. The van der Waals surface area contributed by atoms with Crippen molar-refractivity contribution < 1.29 is 9.47 Å². The minimum absolute atomic E-state index is 0.223. The smallest absolute Gasteiger partial charge is 0.328 e. The number of H-pyrrole nitrogens is 1. The number of aromatic amines is 1. The molecule has 5 heterocycles. The van der Waals surface area contributed by atoms with E-state index in [2.05, 4.69) is 14.9 Å². The summed E-state index contributed by atoms with van der Waals surface area (Å²) in [6.07, 6.45) is 4.46. The van der Waals surface area contributed by atoms with E-state index in [0.717, 1.165) is 61.7 Å². The number of unbranched alkanes of at least 4 members (excludes halogenated alkanes) is 1. The summed E-state index contributed by atoms with van der Waals surface area (Å²) in [4.78, 5) is 35.4. The fourth-order valence-corrected chi connectivity index (χ4v) is 6.71. The minimum atomic E-state index is -0.361. The number of ether oxygens (including phenoxy) is 2. The molecule has 2 atom stereocenters. The lowest BCUT2D eigenvalue weighted by Crippen LogP contribution is -2.44. The Morgan fingerprint density at radius 1 is 1.20 bits per heavy atom. The second-order valence-corrected chi connectivity index (χ2v) is 10.4. The SMILES string of the molecule is COc1cccc2c1[C@H]1CCN(CCCCn3c(=O)[nH]c4c(sc5cccnc54)c3=O)C[C@@H]1CO2. The molecule has 1 saturated heterocycles. The van der Waals surface area contributed by atoms with Gasteiger partial charge >= 0.3 is 5.69 Å². The van der Waals surface area contributed by atoms with E-state index < -0.39 is 0 Å². The van der Waals surface area contributed by atoms with Gasteiger partial charge in [0.15, 0.2) is 0 Å². The Kier molecular flexibility index (Phi) is 5.82. The zero-order chi connectivity index (χ0) is 23.9. The van der Waals surface area contributed by atoms with Gasteiger partial charge in [0.2, 0.25) is 0 Å². The maximum absolute atomic E-state index is 13.0. The van der Waals surface area contributed by atoms with Crippen LogP contribution in [-0.2, 0) is 6.54 Å². The maximum Gasteiger partial charge on any atom is 0.328 e. The lowest BCUT2D eigenvalue weighted by molar-refractivity contribution is 0.0902. The number of nitrogens with one attached hydrogen (secondary N) is 1. The van der Waals surface area contributed by atoms with E-state index in [1.165, 1.54) is 21.5 Å². The summed E-state index contributed by atoms with van der Waals surface area (Å²) in [5.74, 6) is 2.79. The number of fused-ring (bicyclic) bond motifs is 6. The van der Waals surface area contributed by atoms with Crippen LogP contribution in [0.15, 0.2) is 46.1 Å². The molecule has 2 aliphatic rings. The minimum Gasteiger partial charge on any atom is -0.496 e. The van der Waals surface area contributed by atoms with Crippen LogP contribution in [0.5, 0.6) is 11.5 Å². The predicted octanol–water partition coefficient (Wildman–Crippen LogP) is 3.59. The topological polar surface area (TPSA) is 89.5 Å². The molecule has 1 N–H and O–H groups in total. The van der Waals surface area contributed by atoms with Crippen LogP contribution < -0.4 is 20.7 Å². The first kappa shape index (κ1) is 22.3. The van der Waals surface area contributed by atoms with Crippen molar-refractivity contribution in [1.82, 2.24) is 19.4 Å². The molecule has 2 aliphatic heterocycles. The van der Waals surface area contributed by atoms with Crippen molar-refractivity contribution in [3.05, 3.63) is 62.9 Å². The van der Waals surface area contributed by atoms with E-state index in [-0.39, 0.29) is 11.2 Å². The first-order valence-electron chi connectivity index (χ1n) is 12.2. The van der Waals surface area contributed by atoms with Crippen LogP contribution in [0.2, 0.25) is 0 Å². The van der Waals surface area contributed by atoms with Crippen molar-refractivity contribution in [2.75, 3.05) is 33.4 Å². The molecule has 0 bridgehead atoms. The van der Waals surface area contributed by atoms with Gasteiger partial charge in [-0.3, -0.25) is 14.3 Å². The molecule has 0 aliphatic carbocycles. The van der Waals surface area contributed by atoms with Crippen LogP contribution in [-0.4, -0.2) is 52.8 Å². The Bertz CT molecular complexity index is 1490. The Balaban J connectivity index is 1.09. The molecule has 1 aromatic carbocycles. The van der Waals surface area contributed by atoms with Gasteiger partial charge in [-0.25, -0.2) is 4.79 Å². The number of benzene rings is 1. The third kappa shape index (κ3) is 3.92. The first-order chi connectivity index (χ1) is 17.1. The molecule has 1 fully saturated rings. The second kappa shape index (κ2) is 9.13. The number of hydrogen-bond acceptors (Lipinski definition) is 7. The number of hydrogen-bond donors (Lipinski definition) is 1. The van der Waals surface area contributed by atoms with Crippen molar-refractivity contribution in [2.24, 2.45) is 5.92 Å². The monoisotopic (exact) mass is 492 g/mol. The van der Waals surface area contributed by atoms with Crippen LogP contribution >= 0.6 is 11.3 Å². The summed E-state index contributed by atoms with van der Waals surface area (Å²) in [5.41, 5.74) is 1.87. The van der Waals surface area contributed by atoms with Crippen LogP contribution in [0.25, 0.3) is 20.4 Å². The fourth-order valence-electron chi connectivity index (χ4n) is 5.64. The van der Waals surface area contributed by atoms with Gasteiger partial charge in [-0.15, -0.1) is 11.3 Å². The Hall–Kier alpha value is -3.17. The van der Waals surface area contributed by atoms with Gasteiger partial charge in [-0.05, 0) is 62.5 Å². The van der Waals surface area contributed by atoms with Gasteiger partial charge in [0.1, 0.15) is 21.7 Å². The van der Waals surface area contributed by atoms with E-state index >= 15 is 0 Å². The Morgan fingerprint density at radius 2 is 2.09 bits per heavy atom. The number of rotatable bonds is 6. The summed E-state index contributed by atoms with van der Waals surface area (Å²) < 4.78 is 14.5. The molecule has 8 nitrogen and oxygen atoms in total. The summed E-state index contributed by atoms with van der Waals surface area (Å²) in [6.45, 7) is 4.11. The number of thiophene rings is 1. The van der Waals surface area contributed by atoms with Gasteiger partial charge in [0.25, 0.3) is 5.56 Å². The predicted molar refractivity (Wildman–Crippen MR) is 137 cm³/mol. The zero-order valence-electron chi connectivity index (χ0n) is 19.7. The molecule has 0 radical (unpaired) electrons. The number of nitrogens with zero attached hydrogens (tertiary/aromatic N) is 3. The Labute approximate surface area is 206 Å². The standard InChI is InChI=1S/C26H28N4O4S/c1-33-18-6-4-7-19-21(18)17-9-13-29(14-16(17)15-34-19)11-2-3-12-30-25(31)24-23(28-26(30)32)22-20(35-24)8-5-10-27-22/h4-8,10,16-17H,2-3,9,11-15H2,1H3,(H,28,32)/t16-,17+/m1/s1. The number of aromatic nitrogens is 3. The van der Waals surface area contributed by atoms with E-state index in [1.807, 2.05) is 30.3 Å². The highest BCUT2D eigenvalue weighted by atomic mass is 32.1. The summed E-state index contributed by atoms with van der Waals surface area (Å²) in [6, 6.07) is 9.80. The van der Waals surface area contributed by atoms with Crippen molar-refractivity contribution in [2.45, 2.75) is 31.7 Å². The number of pyridine rings is 1. The third-order valence-electron chi connectivity index (χ3n) is 7.36. The van der Waals surface area contributed by atoms with Gasteiger partial charge < -0.3 is 19.4 Å². The Morgan fingerprint density at radius 3 is 2.97 bits per heavy atom. The van der Waals surface area contributed by atoms with E-state index in [4.69, 9.17) is 9.47 Å². The third-order valence-corrected chi connectivity index (χ3v) is 8.49.